The number of quaternary nitrogens is 1. The molecule has 3 aromatic carbocycles. The molecular weight excluding hydrogens is 548 g/mol. The molecule has 2 fully saturated rings. The van der Waals surface area contributed by atoms with E-state index >= 15 is 0 Å². The summed E-state index contributed by atoms with van der Waals surface area (Å²) in [6.45, 7) is 8.76. The minimum absolute atomic E-state index is 0.00129. The number of aromatic nitrogens is 1. The summed E-state index contributed by atoms with van der Waals surface area (Å²) >= 11 is 0. The molecule has 1 aliphatic heterocycles. The third kappa shape index (κ3) is 6.53. The number of para-hydroxylation sites is 1. The molecule has 6 rings (SSSR count). The summed E-state index contributed by atoms with van der Waals surface area (Å²) in [6.07, 6.45) is 4.59. The van der Waals surface area contributed by atoms with Gasteiger partial charge in [-0.1, -0.05) is 72.8 Å². The maximum absolute atomic E-state index is 14.8. The van der Waals surface area contributed by atoms with Crippen LogP contribution in [0, 0.1) is 5.92 Å². The number of hydrogen-bond donors (Lipinski definition) is 1. The number of fused-ring (bicyclic) bond motifs is 1. The molecule has 1 saturated carbocycles. The number of ether oxygens (including phenoxy) is 1. The van der Waals surface area contributed by atoms with Crippen molar-refractivity contribution in [3.05, 3.63) is 96.2 Å². The molecule has 1 aliphatic carbocycles. The predicted octanol–water partition coefficient (Wildman–Crippen LogP) is 6.08. The molecule has 2 aliphatic rings. The van der Waals surface area contributed by atoms with Crippen LogP contribution in [0.1, 0.15) is 57.1 Å². The van der Waals surface area contributed by atoms with Crippen LogP contribution in [0.25, 0.3) is 22.0 Å². The van der Waals surface area contributed by atoms with Crippen molar-refractivity contribution >= 4 is 22.9 Å². The molecule has 3 N–H and O–H groups in total. The average molecular weight is 594 g/mol. The Bertz CT molecular complexity index is 1620. The minimum atomic E-state index is -0.597. The standard InChI is InChI=1S/C37H44N4O3/c1-37(2,3)44-36(43)40-20-18-31(28-13-9-12-27(22-28)26-10-5-4-6-11-26)33(25-40)35(42)41(30-16-17-30)24-29-23-39(21-19-38)34-15-8-7-14-32(29)34/h4-15,22-23,30-31,33H,16-21,24-25,38H2,1-3H3/p+1/t31-,33+/m1/s1. The van der Waals surface area contributed by atoms with E-state index in [0.29, 0.717) is 26.1 Å². The average Bonchev–Trinajstić information content (AvgIpc) is 3.81. The van der Waals surface area contributed by atoms with E-state index in [9.17, 15) is 9.59 Å². The zero-order valence-electron chi connectivity index (χ0n) is 26.2. The molecule has 230 valence electrons. The van der Waals surface area contributed by atoms with E-state index in [-0.39, 0.29) is 29.9 Å². The molecule has 2 amide bonds. The predicted molar refractivity (Wildman–Crippen MR) is 174 cm³/mol. The first-order valence-corrected chi connectivity index (χ1v) is 16.0. The first kappa shape index (κ1) is 29.9. The molecule has 2 atom stereocenters. The Balaban J connectivity index is 1.34. The second-order valence-corrected chi connectivity index (χ2v) is 13.3. The number of carbonyl (C=O) groups excluding carboxylic acids is 2. The van der Waals surface area contributed by atoms with Crippen molar-refractivity contribution < 1.29 is 20.1 Å². The van der Waals surface area contributed by atoms with Gasteiger partial charge < -0.3 is 24.8 Å². The van der Waals surface area contributed by atoms with Crippen LogP contribution in [0.4, 0.5) is 4.79 Å². The van der Waals surface area contributed by atoms with Crippen LogP contribution in [0.5, 0.6) is 0 Å². The third-order valence-corrected chi connectivity index (χ3v) is 8.89. The summed E-state index contributed by atoms with van der Waals surface area (Å²) in [4.78, 5) is 31.9. The van der Waals surface area contributed by atoms with Gasteiger partial charge in [0.2, 0.25) is 5.91 Å². The second kappa shape index (κ2) is 12.5. The maximum atomic E-state index is 14.8. The summed E-state index contributed by atoms with van der Waals surface area (Å²) in [6, 6.07) is 27.6. The molecule has 0 bridgehead atoms. The van der Waals surface area contributed by atoms with Crippen LogP contribution in [-0.2, 0) is 22.6 Å². The number of carbonyl (C=O) groups is 2. The lowest BCUT2D eigenvalue weighted by molar-refractivity contribution is -0.369. The van der Waals surface area contributed by atoms with Crippen molar-refractivity contribution in [2.24, 2.45) is 5.92 Å². The quantitative estimate of drug-likeness (QED) is 0.269. The summed E-state index contributed by atoms with van der Waals surface area (Å²) in [5.74, 6) is -0.237. The molecule has 2 heterocycles. The SMILES string of the molecule is CC(C)(C)OC(=O)N1CC[C@H](c2cccc(-c3ccccc3)c2)[C@@H](C(=O)N(Cc2cn(CC[NH3+])c3ccccc23)C2CC2)C1. The highest BCUT2D eigenvalue weighted by Crippen LogP contribution is 2.40. The molecule has 1 saturated heterocycles. The Labute approximate surface area is 260 Å². The molecule has 0 unspecified atom stereocenters. The maximum Gasteiger partial charge on any atom is 0.410 e. The largest absolute Gasteiger partial charge is 0.444 e. The van der Waals surface area contributed by atoms with Gasteiger partial charge in [0, 0.05) is 42.8 Å². The molecule has 44 heavy (non-hydrogen) atoms. The summed E-state index contributed by atoms with van der Waals surface area (Å²) in [7, 11) is 0. The first-order valence-electron chi connectivity index (χ1n) is 16.0. The number of amides is 2. The van der Waals surface area contributed by atoms with Gasteiger partial charge in [0.15, 0.2) is 0 Å². The van der Waals surface area contributed by atoms with Gasteiger partial charge in [-0.25, -0.2) is 4.79 Å². The van der Waals surface area contributed by atoms with Crippen LogP contribution >= 0.6 is 0 Å². The highest BCUT2D eigenvalue weighted by molar-refractivity contribution is 5.86. The van der Waals surface area contributed by atoms with Gasteiger partial charge in [-0.3, -0.25) is 4.79 Å². The Morgan fingerprint density at radius 3 is 2.39 bits per heavy atom. The van der Waals surface area contributed by atoms with E-state index < -0.39 is 5.60 Å². The van der Waals surface area contributed by atoms with Gasteiger partial charge in [0.1, 0.15) is 5.60 Å². The highest BCUT2D eigenvalue weighted by atomic mass is 16.6. The highest BCUT2D eigenvalue weighted by Gasteiger charge is 2.43. The van der Waals surface area contributed by atoms with Gasteiger partial charge in [-0.2, -0.15) is 0 Å². The van der Waals surface area contributed by atoms with Crippen molar-refractivity contribution in [2.45, 2.75) is 70.7 Å². The van der Waals surface area contributed by atoms with Crippen LogP contribution in [0.3, 0.4) is 0 Å². The van der Waals surface area contributed by atoms with Crippen LogP contribution in [0.15, 0.2) is 85.1 Å². The van der Waals surface area contributed by atoms with Gasteiger partial charge in [-0.05, 0) is 74.3 Å². The summed E-state index contributed by atoms with van der Waals surface area (Å²) in [5.41, 5.74) is 9.25. The minimum Gasteiger partial charge on any atom is -0.444 e. The second-order valence-electron chi connectivity index (χ2n) is 13.3. The van der Waals surface area contributed by atoms with Crippen molar-refractivity contribution in [1.82, 2.24) is 14.4 Å². The molecule has 4 aromatic rings. The van der Waals surface area contributed by atoms with Crippen LogP contribution in [0.2, 0.25) is 0 Å². The smallest absolute Gasteiger partial charge is 0.410 e. The summed E-state index contributed by atoms with van der Waals surface area (Å²) < 4.78 is 8.03. The summed E-state index contributed by atoms with van der Waals surface area (Å²) in [5, 5.41) is 1.19. The number of benzene rings is 3. The van der Waals surface area contributed by atoms with Crippen molar-refractivity contribution in [1.29, 1.82) is 0 Å². The molecule has 0 radical (unpaired) electrons. The lowest BCUT2D eigenvalue weighted by Crippen LogP contribution is -2.51. The molecular formula is C37H45N4O3+. The molecule has 0 spiro atoms. The van der Waals surface area contributed by atoms with E-state index in [4.69, 9.17) is 4.74 Å². The van der Waals surface area contributed by atoms with Gasteiger partial charge >= 0.3 is 6.09 Å². The Kier molecular flexibility index (Phi) is 8.50. The first-order chi connectivity index (χ1) is 21.2. The Morgan fingerprint density at radius 1 is 0.932 bits per heavy atom. The topological polar surface area (TPSA) is 82.4 Å². The monoisotopic (exact) mass is 593 g/mol. The van der Waals surface area contributed by atoms with E-state index in [2.05, 4.69) is 94.2 Å². The number of likely N-dealkylation sites (tertiary alicyclic amines) is 1. The lowest BCUT2D eigenvalue weighted by atomic mass is 9.79. The van der Waals surface area contributed by atoms with Gasteiger partial charge in [0.25, 0.3) is 0 Å². The van der Waals surface area contributed by atoms with E-state index in [0.717, 1.165) is 48.2 Å². The van der Waals surface area contributed by atoms with Gasteiger partial charge in [-0.15, -0.1) is 0 Å². The fraction of sp³-hybridized carbons (Fsp3) is 0.405. The fourth-order valence-electron chi connectivity index (χ4n) is 6.65. The number of hydrogen-bond acceptors (Lipinski definition) is 3. The fourth-order valence-corrected chi connectivity index (χ4v) is 6.65. The Morgan fingerprint density at radius 2 is 1.66 bits per heavy atom. The normalized spacial score (nSPS) is 18.8. The van der Waals surface area contributed by atoms with E-state index in [1.54, 1.807) is 4.90 Å². The van der Waals surface area contributed by atoms with Gasteiger partial charge in [0.05, 0.1) is 19.0 Å². The van der Waals surface area contributed by atoms with E-state index in [1.807, 2.05) is 26.8 Å². The third-order valence-electron chi connectivity index (χ3n) is 8.89. The Hall–Kier alpha value is -4.10. The van der Waals surface area contributed by atoms with E-state index in [1.165, 1.54) is 10.9 Å². The number of nitrogens with zero attached hydrogens (tertiary/aromatic N) is 3. The van der Waals surface area contributed by atoms with Crippen LogP contribution in [-0.4, -0.2) is 57.6 Å². The zero-order chi connectivity index (χ0) is 30.8. The van der Waals surface area contributed by atoms with Crippen molar-refractivity contribution in [3.63, 3.8) is 0 Å². The molecule has 7 nitrogen and oxygen atoms in total. The molecule has 7 heteroatoms. The lowest BCUT2D eigenvalue weighted by Gasteiger charge is -2.40. The van der Waals surface area contributed by atoms with Crippen LogP contribution < -0.4 is 5.73 Å². The number of piperidine rings is 1. The van der Waals surface area contributed by atoms with Crippen molar-refractivity contribution in [3.8, 4) is 11.1 Å². The van der Waals surface area contributed by atoms with Crippen molar-refractivity contribution in [2.75, 3.05) is 19.6 Å². The zero-order valence-corrected chi connectivity index (χ0v) is 26.2. The molecule has 1 aromatic heterocycles. The number of rotatable bonds is 8.